The molecule has 28 heavy (non-hydrogen) atoms. The molecule has 6 heteroatoms. The van der Waals surface area contributed by atoms with Gasteiger partial charge in [0.15, 0.2) is 5.62 Å². The normalized spacial score (nSPS) is 13.1. The summed E-state index contributed by atoms with van der Waals surface area (Å²) >= 11 is 0.934. The molecule has 1 aromatic carbocycles. The van der Waals surface area contributed by atoms with Gasteiger partial charge in [-0.3, -0.25) is 14.6 Å². The highest BCUT2D eigenvalue weighted by molar-refractivity contribution is 8.13. The number of nitrogens with two attached hydrogens (primary N) is 1. The lowest BCUT2D eigenvalue weighted by Crippen LogP contribution is -2.26. The first kappa shape index (κ1) is 23.7. The number of rotatable bonds is 14. The first-order valence-electron chi connectivity index (χ1n) is 9.44. The fourth-order valence-corrected chi connectivity index (χ4v) is 3.22. The Morgan fingerprint density at radius 2 is 2.07 bits per heavy atom. The van der Waals surface area contributed by atoms with Crippen molar-refractivity contribution in [1.82, 2.24) is 0 Å². The van der Waals surface area contributed by atoms with Gasteiger partial charge in [0.1, 0.15) is 5.75 Å². The minimum Gasteiger partial charge on any atom is -0.494 e. The molecule has 0 aromatic heterocycles. The van der Waals surface area contributed by atoms with E-state index in [0.29, 0.717) is 25.1 Å². The SMILES string of the molecule is C=N/C=C(CC)\C(C)=C/CCCOc1ccc(CCC(SC=O)C(N)=O)cc1. The van der Waals surface area contributed by atoms with Gasteiger partial charge >= 0.3 is 0 Å². The van der Waals surface area contributed by atoms with Gasteiger partial charge in [0, 0.05) is 6.20 Å². The lowest BCUT2D eigenvalue weighted by molar-refractivity contribution is -0.117. The van der Waals surface area contributed by atoms with Crippen LogP contribution in [0.5, 0.6) is 5.75 Å². The average Bonchev–Trinajstić information content (AvgIpc) is 2.69. The van der Waals surface area contributed by atoms with Gasteiger partial charge in [-0.25, -0.2) is 0 Å². The number of primary amides is 1. The third-order valence-electron chi connectivity index (χ3n) is 4.36. The summed E-state index contributed by atoms with van der Waals surface area (Å²) in [6.07, 6.45) is 8.07. The molecule has 152 valence electrons. The fourth-order valence-electron chi connectivity index (χ4n) is 2.70. The van der Waals surface area contributed by atoms with Crippen molar-refractivity contribution in [3.8, 4) is 5.75 Å². The summed E-state index contributed by atoms with van der Waals surface area (Å²) in [4.78, 5) is 25.7. The molecule has 1 rings (SSSR count). The highest BCUT2D eigenvalue weighted by Crippen LogP contribution is 2.18. The van der Waals surface area contributed by atoms with Crippen molar-refractivity contribution < 1.29 is 14.3 Å². The number of aryl methyl sites for hydroxylation is 1. The summed E-state index contributed by atoms with van der Waals surface area (Å²) in [5, 5.41) is -0.477. The van der Waals surface area contributed by atoms with E-state index < -0.39 is 11.2 Å². The van der Waals surface area contributed by atoms with Crippen LogP contribution in [-0.4, -0.2) is 30.1 Å². The lowest BCUT2D eigenvalue weighted by atomic mass is 10.0. The molecule has 1 atom stereocenters. The standard InChI is InChI=1S/C22H30N2O3S/c1-4-19(15-24-3)17(2)7-5-6-14-27-20-11-8-18(9-12-20)10-13-21(22(23)26)28-16-25/h7-9,11-12,15-16,21H,3-6,10,13-14H2,1-2H3,(H2,23,26)/b17-7-,19-15-. The summed E-state index contributed by atoms with van der Waals surface area (Å²) in [5.41, 5.74) is 9.49. The molecule has 1 amide bonds. The number of hydrogen-bond acceptors (Lipinski definition) is 5. The van der Waals surface area contributed by atoms with Crippen LogP contribution < -0.4 is 10.5 Å². The third kappa shape index (κ3) is 9.04. The molecule has 0 fully saturated rings. The van der Waals surface area contributed by atoms with Crippen LogP contribution in [0.4, 0.5) is 0 Å². The van der Waals surface area contributed by atoms with Crippen LogP contribution in [0, 0.1) is 0 Å². The third-order valence-corrected chi connectivity index (χ3v) is 5.27. The number of nitrogens with zero attached hydrogens (tertiary/aromatic N) is 1. The Morgan fingerprint density at radius 1 is 1.36 bits per heavy atom. The molecule has 5 nitrogen and oxygen atoms in total. The van der Waals surface area contributed by atoms with Gasteiger partial charge in [-0.1, -0.05) is 42.5 Å². The van der Waals surface area contributed by atoms with E-state index in [2.05, 4.69) is 31.6 Å². The highest BCUT2D eigenvalue weighted by atomic mass is 32.2. The molecule has 0 heterocycles. The van der Waals surface area contributed by atoms with Crippen LogP contribution in [0.1, 0.15) is 45.1 Å². The predicted molar refractivity (Wildman–Crippen MR) is 118 cm³/mol. The Balaban J connectivity index is 2.39. The van der Waals surface area contributed by atoms with Crippen LogP contribution in [0.2, 0.25) is 0 Å². The van der Waals surface area contributed by atoms with Gasteiger partial charge in [0.05, 0.1) is 11.9 Å². The predicted octanol–water partition coefficient (Wildman–Crippen LogP) is 4.50. The summed E-state index contributed by atoms with van der Waals surface area (Å²) in [6.45, 7) is 8.35. The highest BCUT2D eigenvalue weighted by Gasteiger charge is 2.15. The largest absolute Gasteiger partial charge is 0.494 e. The fraction of sp³-hybridized carbons (Fsp3) is 0.409. The molecular formula is C22H30N2O3S. The zero-order valence-electron chi connectivity index (χ0n) is 16.7. The first-order valence-corrected chi connectivity index (χ1v) is 10.4. The molecular weight excluding hydrogens is 372 g/mol. The number of benzene rings is 1. The summed E-state index contributed by atoms with van der Waals surface area (Å²) in [7, 11) is 0. The summed E-state index contributed by atoms with van der Waals surface area (Å²) < 4.78 is 5.78. The number of unbranched alkanes of at least 4 members (excludes halogenated alkanes) is 1. The van der Waals surface area contributed by atoms with Gasteiger partial charge in [-0.05, 0) is 69.0 Å². The molecule has 2 N–H and O–H groups in total. The van der Waals surface area contributed by atoms with Crippen molar-refractivity contribution in [2.75, 3.05) is 6.61 Å². The van der Waals surface area contributed by atoms with Crippen LogP contribution in [0.25, 0.3) is 0 Å². The second-order valence-electron chi connectivity index (χ2n) is 6.37. The van der Waals surface area contributed by atoms with E-state index in [4.69, 9.17) is 10.5 Å². The first-order chi connectivity index (χ1) is 13.5. The quantitative estimate of drug-likeness (QED) is 0.215. The zero-order valence-corrected chi connectivity index (χ0v) is 17.5. The molecule has 0 spiro atoms. The second kappa shape index (κ2) is 13.8. The van der Waals surface area contributed by atoms with Gasteiger partial charge < -0.3 is 10.5 Å². The van der Waals surface area contributed by atoms with Crippen molar-refractivity contribution in [2.24, 2.45) is 10.7 Å². The number of amides is 1. The molecule has 0 bridgehead atoms. The number of aliphatic imine (C=N–C) groups is 1. The van der Waals surface area contributed by atoms with E-state index in [1.807, 2.05) is 30.5 Å². The van der Waals surface area contributed by atoms with Crippen molar-refractivity contribution in [3.05, 3.63) is 53.3 Å². The number of carbonyl (C=O) groups is 2. The second-order valence-corrected chi connectivity index (χ2v) is 7.41. The summed E-state index contributed by atoms with van der Waals surface area (Å²) in [6, 6.07) is 7.81. The number of ether oxygens (including phenoxy) is 1. The van der Waals surface area contributed by atoms with Crippen molar-refractivity contribution in [2.45, 2.75) is 51.2 Å². The lowest BCUT2D eigenvalue weighted by Gasteiger charge is -2.10. The van der Waals surface area contributed by atoms with E-state index in [1.54, 1.807) is 0 Å². The van der Waals surface area contributed by atoms with Gasteiger partial charge in [-0.2, -0.15) is 0 Å². The van der Waals surface area contributed by atoms with E-state index in [9.17, 15) is 9.59 Å². The van der Waals surface area contributed by atoms with Crippen LogP contribution >= 0.6 is 11.8 Å². The van der Waals surface area contributed by atoms with E-state index >= 15 is 0 Å². The van der Waals surface area contributed by atoms with Crippen molar-refractivity contribution in [1.29, 1.82) is 0 Å². The van der Waals surface area contributed by atoms with Crippen molar-refractivity contribution in [3.63, 3.8) is 0 Å². The molecule has 1 aromatic rings. The Hall–Kier alpha value is -2.34. The van der Waals surface area contributed by atoms with Crippen LogP contribution in [-0.2, 0) is 16.0 Å². The number of hydrogen-bond donors (Lipinski definition) is 1. The van der Waals surface area contributed by atoms with Gasteiger partial charge in [0.25, 0.3) is 0 Å². The van der Waals surface area contributed by atoms with Crippen LogP contribution in [0.3, 0.4) is 0 Å². The minimum absolute atomic E-state index is 0.455. The van der Waals surface area contributed by atoms with E-state index in [1.165, 1.54) is 11.1 Å². The maximum Gasteiger partial charge on any atom is 0.231 e. The van der Waals surface area contributed by atoms with Gasteiger partial charge in [-0.15, -0.1) is 0 Å². The Morgan fingerprint density at radius 3 is 2.64 bits per heavy atom. The molecule has 0 saturated heterocycles. The van der Waals surface area contributed by atoms with Crippen molar-refractivity contribution >= 4 is 30.0 Å². The van der Waals surface area contributed by atoms with E-state index in [0.717, 1.165) is 42.3 Å². The number of carbonyl (C=O) groups excluding carboxylic acids is 2. The number of allylic oxidation sites excluding steroid dienone is 3. The molecule has 0 aliphatic carbocycles. The Labute approximate surface area is 172 Å². The monoisotopic (exact) mass is 402 g/mol. The molecule has 1 unspecified atom stereocenters. The number of thioether (sulfide) groups is 1. The Bertz CT molecular complexity index is 696. The molecule has 0 aliphatic heterocycles. The topological polar surface area (TPSA) is 81.8 Å². The summed E-state index contributed by atoms with van der Waals surface area (Å²) in [5.74, 6) is 0.367. The minimum atomic E-state index is -0.477. The molecule has 0 radical (unpaired) electrons. The zero-order chi connectivity index (χ0) is 20.8. The average molecular weight is 403 g/mol. The maximum absolute atomic E-state index is 11.3. The van der Waals surface area contributed by atoms with Gasteiger partial charge in [0.2, 0.25) is 5.91 Å². The smallest absolute Gasteiger partial charge is 0.231 e. The van der Waals surface area contributed by atoms with Crippen LogP contribution in [0.15, 0.2) is 52.7 Å². The maximum atomic E-state index is 11.3. The van der Waals surface area contributed by atoms with E-state index in [-0.39, 0.29) is 0 Å². The molecule has 0 saturated carbocycles. The Kier molecular flexibility index (Phi) is 11.7. The molecule has 0 aliphatic rings.